The van der Waals surface area contributed by atoms with Crippen LogP contribution in [0, 0.1) is 20.8 Å². The summed E-state index contributed by atoms with van der Waals surface area (Å²) in [7, 11) is 0. The summed E-state index contributed by atoms with van der Waals surface area (Å²) in [6, 6.07) is 5.63. The lowest BCUT2D eigenvalue weighted by Gasteiger charge is -2.17. The summed E-state index contributed by atoms with van der Waals surface area (Å²) >= 11 is 0. The highest BCUT2D eigenvalue weighted by Crippen LogP contribution is 2.15. The van der Waals surface area contributed by atoms with E-state index in [4.69, 9.17) is 0 Å². The molecular formula is C18H24N4O2. The molecule has 2 aromatic rings. The van der Waals surface area contributed by atoms with Crippen LogP contribution in [0.1, 0.15) is 48.5 Å². The second-order valence-corrected chi connectivity index (χ2v) is 6.01. The van der Waals surface area contributed by atoms with Crippen LogP contribution in [0.5, 0.6) is 0 Å². The van der Waals surface area contributed by atoms with E-state index in [2.05, 4.69) is 15.3 Å². The lowest BCUT2D eigenvalue weighted by molar-refractivity contribution is -0.122. The first-order chi connectivity index (χ1) is 11.4. The van der Waals surface area contributed by atoms with Gasteiger partial charge in [-0.3, -0.25) is 14.3 Å². The van der Waals surface area contributed by atoms with Crippen LogP contribution in [-0.4, -0.2) is 20.4 Å². The van der Waals surface area contributed by atoms with Crippen LogP contribution in [0.15, 0.2) is 29.2 Å². The summed E-state index contributed by atoms with van der Waals surface area (Å²) in [5.41, 5.74) is 3.16. The van der Waals surface area contributed by atoms with Gasteiger partial charge in [0, 0.05) is 30.6 Å². The number of aromatic nitrogens is 3. The molecule has 0 aromatic carbocycles. The first-order valence-electron chi connectivity index (χ1n) is 8.17. The quantitative estimate of drug-likeness (QED) is 0.882. The zero-order valence-electron chi connectivity index (χ0n) is 14.7. The van der Waals surface area contributed by atoms with Crippen molar-refractivity contribution in [2.45, 2.75) is 53.1 Å². The fraction of sp³-hybridized carbons (Fsp3) is 0.444. The number of nitrogens with one attached hydrogen (secondary N) is 1. The zero-order chi connectivity index (χ0) is 17.7. The van der Waals surface area contributed by atoms with E-state index in [0.717, 1.165) is 23.4 Å². The van der Waals surface area contributed by atoms with Gasteiger partial charge in [0.25, 0.3) is 0 Å². The number of carbonyl (C=O) groups is 1. The number of amides is 1. The van der Waals surface area contributed by atoms with Gasteiger partial charge in [0.2, 0.25) is 5.91 Å². The van der Waals surface area contributed by atoms with Gasteiger partial charge >= 0.3 is 5.69 Å². The van der Waals surface area contributed by atoms with Crippen molar-refractivity contribution in [2.24, 2.45) is 0 Å². The minimum Gasteiger partial charge on any atom is -0.348 e. The van der Waals surface area contributed by atoms with Gasteiger partial charge in [-0.05, 0) is 51.0 Å². The minimum atomic E-state index is -0.312. The smallest absolute Gasteiger partial charge is 0.347 e. The Kier molecular flexibility index (Phi) is 5.84. The van der Waals surface area contributed by atoms with Gasteiger partial charge in [0.15, 0.2) is 0 Å². The van der Waals surface area contributed by atoms with Crippen molar-refractivity contribution in [1.29, 1.82) is 0 Å². The summed E-state index contributed by atoms with van der Waals surface area (Å²) in [4.78, 5) is 32.4. The second-order valence-electron chi connectivity index (χ2n) is 6.01. The molecule has 0 aliphatic rings. The number of carbonyl (C=O) groups excluding carboxylic acids is 1. The van der Waals surface area contributed by atoms with Crippen LogP contribution in [0.25, 0.3) is 0 Å². The summed E-state index contributed by atoms with van der Waals surface area (Å²) < 4.78 is 1.53. The summed E-state index contributed by atoms with van der Waals surface area (Å²) in [6.07, 6.45) is 2.74. The van der Waals surface area contributed by atoms with Gasteiger partial charge in [0.1, 0.15) is 0 Å². The number of nitrogens with zero attached hydrogens (tertiary/aromatic N) is 3. The van der Waals surface area contributed by atoms with E-state index >= 15 is 0 Å². The lowest BCUT2D eigenvalue weighted by Crippen LogP contribution is -2.32. The number of hydrogen-bond donors (Lipinski definition) is 1. The normalized spacial score (nSPS) is 12.0. The lowest BCUT2D eigenvalue weighted by atomic mass is 10.1. The van der Waals surface area contributed by atoms with E-state index in [1.165, 1.54) is 4.57 Å². The maximum atomic E-state index is 12.3. The Labute approximate surface area is 142 Å². The van der Waals surface area contributed by atoms with Crippen molar-refractivity contribution >= 4 is 5.91 Å². The molecule has 24 heavy (non-hydrogen) atoms. The number of pyridine rings is 1. The third-order valence-electron chi connectivity index (χ3n) is 3.95. The monoisotopic (exact) mass is 328 g/mol. The van der Waals surface area contributed by atoms with Gasteiger partial charge in [-0.15, -0.1) is 0 Å². The Morgan fingerprint density at radius 3 is 2.67 bits per heavy atom. The molecule has 1 amide bonds. The Morgan fingerprint density at radius 2 is 2.04 bits per heavy atom. The zero-order valence-corrected chi connectivity index (χ0v) is 14.7. The van der Waals surface area contributed by atoms with Crippen LogP contribution in [0.4, 0.5) is 0 Å². The predicted molar refractivity (Wildman–Crippen MR) is 92.7 cm³/mol. The third kappa shape index (κ3) is 4.50. The Balaban J connectivity index is 2.01. The van der Waals surface area contributed by atoms with E-state index in [9.17, 15) is 9.59 Å². The molecule has 0 fully saturated rings. The first kappa shape index (κ1) is 17.8. The average Bonchev–Trinajstić information content (AvgIpc) is 2.51. The second kappa shape index (κ2) is 7.86. The van der Waals surface area contributed by atoms with Gasteiger partial charge in [0.05, 0.1) is 11.7 Å². The van der Waals surface area contributed by atoms with Gasteiger partial charge in [-0.2, -0.15) is 4.98 Å². The molecule has 1 N–H and O–H groups in total. The fourth-order valence-corrected chi connectivity index (χ4v) is 2.66. The van der Waals surface area contributed by atoms with Crippen molar-refractivity contribution in [1.82, 2.24) is 19.9 Å². The summed E-state index contributed by atoms with van der Waals surface area (Å²) in [5, 5.41) is 2.99. The van der Waals surface area contributed by atoms with Crippen molar-refractivity contribution in [3.8, 4) is 0 Å². The molecule has 128 valence electrons. The van der Waals surface area contributed by atoms with E-state index < -0.39 is 0 Å². The maximum Gasteiger partial charge on any atom is 0.347 e. The Bertz CT molecular complexity index is 783. The maximum absolute atomic E-state index is 12.3. The van der Waals surface area contributed by atoms with Crippen LogP contribution in [-0.2, 0) is 11.3 Å². The van der Waals surface area contributed by atoms with Crippen LogP contribution in [0.2, 0.25) is 0 Å². The van der Waals surface area contributed by atoms with Gasteiger partial charge in [-0.1, -0.05) is 6.92 Å². The van der Waals surface area contributed by atoms with E-state index in [-0.39, 0.29) is 24.1 Å². The fourth-order valence-electron chi connectivity index (χ4n) is 2.66. The molecule has 0 radical (unpaired) electrons. The van der Waals surface area contributed by atoms with Crippen molar-refractivity contribution in [3.63, 3.8) is 0 Å². The van der Waals surface area contributed by atoms with Crippen LogP contribution < -0.4 is 11.0 Å². The minimum absolute atomic E-state index is 0.1000. The summed E-state index contributed by atoms with van der Waals surface area (Å²) in [6.45, 7) is 7.96. The van der Waals surface area contributed by atoms with Crippen molar-refractivity contribution in [2.75, 3.05) is 0 Å². The van der Waals surface area contributed by atoms with E-state index in [1.807, 2.05) is 39.0 Å². The van der Waals surface area contributed by atoms with Crippen LogP contribution in [0.3, 0.4) is 0 Å². The highest BCUT2D eigenvalue weighted by atomic mass is 16.2. The molecule has 0 saturated heterocycles. The Hall–Kier alpha value is -2.50. The molecule has 1 atom stereocenters. The molecule has 2 rings (SSSR count). The number of aryl methyl sites for hydroxylation is 3. The standard InChI is InChI=1S/C18H24N4O2/c1-5-15(16-10-12(2)6-8-19-16)21-17(23)7-9-22-14(4)11-13(3)20-18(22)24/h6,8,10-11,15H,5,7,9H2,1-4H3,(H,21,23)/t15-/m0/s1. The molecule has 0 unspecified atom stereocenters. The molecule has 0 spiro atoms. The molecule has 2 aromatic heterocycles. The van der Waals surface area contributed by atoms with Crippen molar-refractivity contribution in [3.05, 3.63) is 57.5 Å². The van der Waals surface area contributed by atoms with Gasteiger partial charge < -0.3 is 5.32 Å². The molecule has 0 aliphatic heterocycles. The molecule has 2 heterocycles. The SMILES string of the molecule is CC[C@H](NC(=O)CCn1c(C)cc(C)nc1=O)c1cc(C)ccn1. The van der Waals surface area contributed by atoms with E-state index in [1.54, 1.807) is 13.1 Å². The summed E-state index contributed by atoms with van der Waals surface area (Å²) in [5.74, 6) is -0.1000. The Morgan fingerprint density at radius 1 is 1.29 bits per heavy atom. The molecule has 6 nitrogen and oxygen atoms in total. The number of hydrogen-bond acceptors (Lipinski definition) is 4. The molecule has 6 heteroatoms. The highest BCUT2D eigenvalue weighted by Gasteiger charge is 2.14. The molecular weight excluding hydrogens is 304 g/mol. The number of rotatable bonds is 6. The van der Waals surface area contributed by atoms with E-state index in [0.29, 0.717) is 12.2 Å². The largest absolute Gasteiger partial charge is 0.348 e. The highest BCUT2D eigenvalue weighted by molar-refractivity contribution is 5.76. The van der Waals surface area contributed by atoms with Crippen LogP contribution >= 0.6 is 0 Å². The topological polar surface area (TPSA) is 76.9 Å². The molecule has 0 aliphatic carbocycles. The molecule has 0 saturated carbocycles. The predicted octanol–water partition coefficient (Wildman–Crippen LogP) is 2.22. The third-order valence-corrected chi connectivity index (χ3v) is 3.95. The van der Waals surface area contributed by atoms with Crippen molar-refractivity contribution < 1.29 is 4.79 Å². The first-order valence-corrected chi connectivity index (χ1v) is 8.17. The van der Waals surface area contributed by atoms with Gasteiger partial charge in [-0.25, -0.2) is 4.79 Å². The average molecular weight is 328 g/mol. The molecule has 0 bridgehead atoms.